The smallest absolute Gasteiger partial charge is 0.237 e. The molecule has 0 radical (unpaired) electrons. The minimum Gasteiger partial charge on any atom is -0.447 e. The highest BCUT2D eigenvalue weighted by Gasteiger charge is 2.67. The standard InChI is InChI=1S/C9H15NO2/c1-5-7-8(3)9(4,12-7)11-6(2)10-8/h7H,5H2,1-4H3/t7-,8-,9+/m1/s1. The lowest BCUT2D eigenvalue weighted by Crippen LogP contribution is -2.68. The predicted molar refractivity (Wildman–Crippen MR) is 46.2 cm³/mol. The number of rotatable bonds is 1. The van der Waals surface area contributed by atoms with Crippen LogP contribution in [0.5, 0.6) is 0 Å². The Morgan fingerprint density at radius 1 is 1.50 bits per heavy atom. The fourth-order valence-corrected chi connectivity index (χ4v) is 2.15. The van der Waals surface area contributed by atoms with Gasteiger partial charge in [0.25, 0.3) is 0 Å². The molecule has 0 spiro atoms. The fourth-order valence-electron chi connectivity index (χ4n) is 2.15. The Kier molecular flexibility index (Phi) is 1.35. The van der Waals surface area contributed by atoms with Crippen LogP contribution in [-0.2, 0) is 9.47 Å². The Balaban J connectivity index is 2.29. The highest BCUT2D eigenvalue weighted by molar-refractivity contribution is 5.77. The lowest BCUT2D eigenvalue weighted by molar-refractivity contribution is -0.337. The molecule has 0 saturated carbocycles. The summed E-state index contributed by atoms with van der Waals surface area (Å²) in [5, 5.41) is 0. The first-order valence-electron chi connectivity index (χ1n) is 4.45. The van der Waals surface area contributed by atoms with Gasteiger partial charge in [-0.15, -0.1) is 0 Å². The summed E-state index contributed by atoms with van der Waals surface area (Å²) in [6.45, 7) is 8.05. The summed E-state index contributed by atoms with van der Waals surface area (Å²) >= 11 is 0. The maximum absolute atomic E-state index is 5.64. The second-order valence-electron chi connectivity index (χ2n) is 3.84. The third-order valence-corrected chi connectivity index (χ3v) is 3.02. The topological polar surface area (TPSA) is 30.8 Å². The molecular weight excluding hydrogens is 154 g/mol. The minimum atomic E-state index is -0.488. The Morgan fingerprint density at radius 2 is 2.17 bits per heavy atom. The molecule has 1 fully saturated rings. The third-order valence-electron chi connectivity index (χ3n) is 3.02. The van der Waals surface area contributed by atoms with E-state index in [0.717, 1.165) is 12.3 Å². The molecule has 0 amide bonds. The van der Waals surface area contributed by atoms with E-state index in [2.05, 4.69) is 18.8 Å². The van der Waals surface area contributed by atoms with Gasteiger partial charge >= 0.3 is 0 Å². The summed E-state index contributed by atoms with van der Waals surface area (Å²) < 4.78 is 11.1. The number of hydrogen-bond donors (Lipinski definition) is 0. The van der Waals surface area contributed by atoms with Crippen molar-refractivity contribution < 1.29 is 9.47 Å². The van der Waals surface area contributed by atoms with E-state index in [1.165, 1.54) is 0 Å². The summed E-state index contributed by atoms with van der Waals surface area (Å²) in [6, 6.07) is 0. The Hall–Kier alpha value is -0.570. The molecular formula is C9H15NO2. The molecule has 2 aliphatic heterocycles. The Morgan fingerprint density at radius 3 is 2.67 bits per heavy atom. The van der Waals surface area contributed by atoms with Gasteiger partial charge in [-0.05, 0) is 13.3 Å². The van der Waals surface area contributed by atoms with Crippen molar-refractivity contribution in [2.75, 3.05) is 0 Å². The van der Waals surface area contributed by atoms with Gasteiger partial charge in [-0.3, -0.25) is 0 Å². The zero-order chi connectivity index (χ0) is 8.98. The molecule has 68 valence electrons. The lowest BCUT2D eigenvalue weighted by atomic mass is 9.79. The summed E-state index contributed by atoms with van der Waals surface area (Å²) in [5.74, 6) is 0.258. The van der Waals surface area contributed by atoms with E-state index in [4.69, 9.17) is 9.47 Å². The van der Waals surface area contributed by atoms with Gasteiger partial charge < -0.3 is 9.47 Å². The molecule has 2 aliphatic rings. The van der Waals surface area contributed by atoms with Crippen LogP contribution in [0.1, 0.15) is 34.1 Å². The second-order valence-corrected chi connectivity index (χ2v) is 3.84. The molecule has 3 nitrogen and oxygen atoms in total. The van der Waals surface area contributed by atoms with Crippen LogP contribution < -0.4 is 0 Å². The predicted octanol–water partition coefficient (Wildman–Crippen LogP) is 1.72. The van der Waals surface area contributed by atoms with Crippen LogP contribution in [0.4, 0.5) is 0 Å². The molecule has 12 heavy (non-hydrogen) atoms. The molecule has 2 rings (SSSR count). The van der Waals surface area contributed by atoms with Crippen molar-refractivity contribution in [3.05, 3.63) is 0 Å². The van der Waals surface area contributed by atoms with Gasteiger partial charge in [-0.25, -0.2) is 4.99 Å². The molecule has 0 N–H and O–H groups in total. The minimum absolute atomic E-state index is 0.147. The van der Waals surface area contributed by atoms with Crippen LogP contribution in [0.25, 0.3) is 0 Å². The molecule has 0 aromatic carbocycles. The molecule has 0 unspecified atom stereocenters. The molecule has 3 atom stereocenters. The first kappa shape index (κ1) is 8.05. The van der Waals surface area contributed by atoms with Gasteiger partial charge in [0.05, 0.1) is 6.10 Å². The summed E-state index contributed by atoms with van der Waals surface area (Å²) in [7, 11) is 0. The largest absolute Gasteiger partial charge is 0.447 e. The van der Waals surface area contributed by atoms with Crippen LogP contribution in [-0.4, -0.2) is 23.3 Å². The van der Waals surface area contributed by atoms with Crippen LogP contribution in [0, 0.1) is 0 Å². The maximum atomic E-state index is 5.64. The third kappa shape index (κ3) is 0.678. The van der Waals surface area contributed by atoms with Crippen LogP contribution in [0.2, 0.25) is 0 Å². The number of ether oxygens (including phenoxy) is 2. The quantitative estimate of drug-likeness (QED) is 0.598. The van der Waals surface area contributed by atoms with Crippen molar-refractivity contribution in [3.63, 3.8) is 0 Å². The molecule has 0 aromatic rings. The first-order valence-corrected chi connectivity index (χ1v) is 4.45. The maximum Gasteiger partial charge on any atom is 0.237 e. The van der Waals surface area contributed by atoms with Crippen molar-refractivity contribution >= 4 is 5.90 Å². The van der Waals surface area contributed by atoms with E-state index in [9.17, 15) is 0 Å². The lowest BCUT2D eigenvalue weighted by Gasteiger charge is -2.53. The van der Waals surface area contributed by atoms with E-state index < -0.39 is 5.79 Å². The van der Waals surface area contributed by atoms with Gasteiger partial charge in [-0.1, -0.05) is 6.92 Å². The van der Waals surface area contributed by atoms with Crippen LogP contribution in [0.15, 0.2) is 4.99 Å². The summed E-state index contributed by atoms with van der Waals surface area (Å²) in [5.41, 5.74) is -0.147. The number of aliphatic imine (C=N–C) groups is 1. The Bertz CT molecular complexity index is 251. The Labute approximate surface area is 72.8 Å². The average Bonchev–Trinajstić information content (AvgIpc) is 2.13. The first-order chi connectivity index (χ1) is 5.52. The van der Waals surface area contributed by atoms with Crippen molar-refractivity contribution in [1.29, 1.82) is 0 Å². The molecule has 2 heterocycles. The molecule has 0 aromatic heterocycles. The second kappa shape index (κ2) is 2.02. The van der Waals surface area contributed by atoms with E-state index in [1.54, 1.807) is 0 Å². The van der Waals surface area contributed by atoms with Crippen molar-refractivity contribution in [3.8, 4) is 0 Å². The van der Waals surface area contributed by atoms with Gasteiger partial charge in [-0.2, -0.15) is 0 Å². The fraction of sp³-hybridized carbons (Fsp3) is 0.889. The van der Waals surface area contributed by atoms with E-state index in [-0.39, 0.29) is 11.6 Å². The number of nitrogens with zero attached hydrogens (tertiary/aromatic N) is 1. The molecule has 0 aliphatic carbocycles. The number of hydrogen-bond acceptors (Lipinski definition) is 3. The summed E-state index contributed by atoms with van der Waals surface area (Å²) in [4.78, 5) is 4.48. The van der Waals surface area contributed by atoms with Crippen molar-refractivity contribution in [1.82, 2.24) is 0 Å². The van der Waals surface area contributed by atoms with Gasteiger partial charge in [0.1, 0.15) is 0 Å². The van der Waals surface area contributed by atoms with Crippen LogP contribution >= 0.6 is 0 Å². The van der Waals surface area contributed by atoms with E-state index in [1.807, 2.05) is 13.8 Å². The molecule has 3 heteroatoms. The van der Waals surface area contributed by atoms with Crippen molar-refractivity contribution in [2.24, 2.45) is 4.99 Å². The highest BCUT2D eigenvalue weighted by Crippen LogP contribution is 2.51. The zero-order valence-corrected chi connectivity index (χ0v) is 8.05. The van der Waals surface area contributed by atoms with Crippen molar-refractivity contribution in [2.45, 2.75) is 51.5 Å². The monoisotopic (exact) mass is 169 g/mol. The van der Waals surface area contributed by atoms with Gasteiger partial charge in [0.15, 0.2) is 11.4 Å². The number of fused-ring (bicyclic) bond motifs is 1. The molecule has 0 bridgehead atoms. The molecule has 1 saturated heterocycles. The highest BCUT2D eigenvalue weighted by atomic mass is 16.7. The van der Waals surface area contributed by atoms with Crippen LogP contribution in [0.3, 0.4) is 0 Å². The summed E-state index contributed by atoms with van der Waals surface area (Å²) in [6.07, 6.45) is 1.21. The normalized spacial score (nSPS) is 50.7. The SMILES string of the molecule is CC[C@H]1O[C@]2(C)OC(C)=N[C@]12C. The van der Waals surface area contributed by atoms with Gasteiger partial charge in [0.2, 0.25) is 5.79 Å². The van der Waals surface area contributed by atoms with E-state index >= 15 is 0 Å². The van der Waals surface area contributed by atoms with Gasteiger partial charge in [0, 0.05) is 13.8 Å². The zero-order valence-electron chi connectivity index (χ0n) is 8.05. The average molecular weight is 169 g/mol. The van der Waals surface area contributed by atoms with E-state index in [0.29, 0.717) is 0 Å².